The highest BCUT2D eigenvalue weighted by molar-refractivity contribution is 7.92. The minimum Gasteiger partial charge on any atom is -0.317 e. The molecule has 0 amide bonds. The molecule has 0 fully saturated rings. The third-order valence-corrected chi connectivity index (χ3v) is 4.46. The summed E-state index contributed by atoms with van der Waals surface area (Å²) in [6.07, 6.45) is 2.66. The van der Waals surface area contributed by atoms with Crippen molar-refractivity contribution in [2.45, 2.75) is 40.0 Å². The van der Waals surface area contributed by atoms with Gasteiger partial charge in [-0.3, -0.25) is 4.72 Å². The molecule has 0 spiro atoms. The van der Waals surface area contributed by atoms with E-state index in [1.807, 2.05) is 32.0 Å². The predicted octanol–water partition coefficient (Wildman–Crippen LogP) is 2.82. The smallest absolute Gasteiger partial charge is 0.232 e. The summed E-state index contributed by atoms with van der Waals surface area (Å²) in [7, 11) is -3.24. The van der Waals surface area contributed by atoms with Crippen LogP contribution >= 0.6 is 0 Å². The molecule has 0 saturated heterocycles. The Morgan fingerprint density at radius 2 is 1.85 bits per heavy atom. The van der Waals surface area contributed by atoms with Crippen LogP contribution in [0.2, 0.25) is 0 Å². The number of nitrogens with one attached hydrogen (secondary N) is 2. The minimum atomic E-state index is -3.24. The number of unbranched alkanes of at least 4 members (excludes halogenated alkanes) is 1. The van der Waals surface area contributed by atoms with Gasteiger partial charge >= 0.3 is 0 Å². The Bertz CT molecular complexity index is 513. The molecule has 0 aliphatic carbocycles. The van der Waals surface area contributed by atoms with Gasteiger partial charge in [-0.05, 0) is 63.4 Å². The summed E-state index contributed by atoms with van der Waals surface area (Å²) in [5, 5.41) is 3.27. The van der Waals surface area contributed by atoms with E-state index in [4.69, 9.17) is 0 Å². The fraction of sp³-hybridized carbons (Fsp3) is 0.600. The highest BCUT2D eigenvalue weighted by atomic mass is 32.2. The predicted molar refractivity (Wildman–Crippen MR) is 85.7 cm³/mol. The monoisotopic (exact) mass is 298 g/mol. The molecule has 1 aromatic rings. The van der Waals surface area contributed by atoms with Gasteiger partial charge < -0.3 is 5.32 Å². The first-order chi connectivity index (χ1) is 9.44. The second kappa shape index (κ2) is 8.27. The van der Waals surface area contributed by atoms with Crippen LogP contribution in [0.5, 0.6) is 0 Å². The molecule has 0 radical (unpaired) electrons. The van der Waals surface area contributed by atoms with Crippen LogP contribution in [0.3, 0.4) is 0 Å². The lowest BCUT2D eigenvalue weighted by molar-refractivity contribution is 0.590. The van der Waals surface area contributed by atoms with E-state index >= 15 is 0 Å². The molecule has 1 rings (SSSR count). The van der Waals surface area contributed by atoms with Crippen molar-refractivity contribution in [3.8, 4) is 0 Å². The van der Waals surface area contributed by atoms with E-state index < -0.39 is 10.0 Å². The van der Waals surface area contributed by atoms with Gasteiger partial charge in [0, 0.05) is 0 Å². The number of sulfonamides is 1. The van der Waals surface area contributed by atoms with Gasteiger partial charge in [0.05, 0.1) is 11.4 Å². The van der Waals surface area contributed by atoms with Crippen molar-refractivity contribution in [2.24, 2.45) is 0 Å². The molecule has 0 bridgehead atoms. The van der Waals surface area contributed by atoms with E-state index in [0.717, 1.165) is 37.1 Å². The zero-order valence-electron chi connectivity index (χ0n) is 12.7. The van der Waals surface area contributed by atoms with E-state index in [1.54, 1.807) is 0 Å². The van der Waals surface area contributed by atoms with E-state index in [0.29, 0.717) is 12.1 Å². The zero-order valence-corrected chi connectivity index (χ0v) is 13.5. The van der Waals surface area contributed by atoms with E-state index in [2.05, 4.69) is 17.0 Å². The van der Waals surface area contributed by atoms with Crippen LogP contribution in [-0.2, 0) is 10.0 Å². The first-order valence-corrected chi connectivity index (χ1v) is 8.88. The Labute approximate surface area is 123 Å². The van der Waals surface area contributed by atoms with Crippen molar-refractivity contribution in [2.75, 3.05) is 23.6 Å². The molecular weight excluding hydrogens is 272 g/mol. The second-order valence-corrected chi connectivity index (χ2v) is 7.04. The molecule has 0 heterocycles. The lowest BCUT2D eigenvalue weighted by atomic mass is 10.1. The number of rotatable bonds is 9. The SMILES string of the molecule is CCCNCCCCS(=O)(=O)Nc1cc(C)ccc1C. The van der Waals surface area contributed by atoms with Gasteiger partial charge in [0.15, 0.2) is 0 Å². The molecule has 0 saturated carbocycles. The summed E-state index contributed by atoms with van der Waals surface area (Å²) in [6, 6.07) is 5.78. The highest BCUT2D eigenvalue weighted by Crippen LogP contribution is 2.18. The van der Waals surface area contributed by atoms with Crippen LogP contribution in [0.25, 0.3) is 0 Å². The number of benzene rings is 1. The molecule has 0 aromatic heterocycles. The summed E-state index contributed by atoms with van der Waals surface area (Å²) in [4.78, 5) is 0. The van der Waals surface area contributed by atoms with Gasteiger partial charge in [0.2, 0.25) is 10.0 Å². The summed E-state index contributed by atoms with van der Waals surface area (Å²) in [6.45, 7) is 7.86. The second-order valence-electron chi connectivity index (χ2n) is 5.20. The molecule has 0 unspecified atom stereocenters. The molecule has 2 N–H and O–H groups in total. The average Bonchev–Trinajstić information content (AvgIpc) is 2.38. The van der Waals surface area contributed by atoms with Crippen molar-refractivity contribution in [1.29, 1.82) is 0 Å². The average molecular weight is 298 g/mol. The van der Waals surface area contributed by atoms with Crippen LogP contribution in [0.4, 0.5) is 5.69 Å². The van der Waals surface area contributed by atoms with Crippen molar-refractivity contribution in [3.05, 3.63) is 29.3 Å². The molecular formula is C15H26N2O2S. The minimum absolute atomic E-state index is 0.175. The number of hydrogen-bond donors (Lipinski definition) is 2. The molecule has 114 valence electrons. The van der Waals surface area contributed by atoms with Crippen molar-refractivity contribution in [1.82, 2.24) is 5.32 Å². The van der Waals surface area contributed by atoms with Gasteiger partial charge in [0.1, 0.15) is 0 Å². The van der Waals surface area contributed by atoms with Crippen molar-refractivity contribution in [3.63, 3.8) is 0 Å². The van der Waals surface area contributed by atoms with Crippen LogP contribution in [0, 0.1) is 13.8 Å². The lowest BCUT2D eigenvalue weighted by Gasteiger charge is -2.11. The van der Waals surface area contributed by atoms with Gasteiger partial charge in [-0.1, -0.05) is 19.1 Å². The Kier molecular flexibility index (Phi) is 7.02. The Hall–Kier alpha value is -1.07. The Morgan fingerprint density at radius 3 is 2.55 bits per heavy atom. The lowest BCUT2D eigenvalue weighted by Crippen LogP contribution is -2.20. The Balaban J connectivity index is 2.43. The fourth-order valence-corrected chi connectivity index (χ4v) is 3.15. The molecule has 4 nitrogen and oxygen atoms in total. The first kappa shape index (κ1) is 17.0. The standard InChI is InChI=1S/C15H26N2O2S/c1-4-9-16-10-5-6-11-20(18,19)17-15-12-13(2)7-8-14(15)3/h7-8,12,16-17H,4-6,9-11H2,1-3H3. The molecule has 0 aliphatic heterocycles. The maximum Gasteiger partial charge on any atom is 0.232 e. The topological polar surface area (TPSA) is 58.2 Å². The Morgan fingerprint density at radius 1 is 1.10 bits per heavy atom. The van der Waals surface area contributed by atoms with Gasteiger partial charge in [0.25, 0.3) is 0 Å². The normalized spacial score (nSPS) is 11.6. The number of hydrogen-bond acceptors (Lipinski definition) is 3. The quantitative estimate of drug-likeness (QED) is 0.689. The van der Waals surface area contributed by atoms with E-state index in [-0.39, 0.29) is 5.75 Å². The summed E-state index contributed by atoms with van der Waals surface area (Å²) < 4.78 is 26.7. The van der Waals surface area contributed by atoms with Crippen LogP contribution < -0.4 is 10.0 Å². The molecule has 5 heteroatoms. The van der Waals surface area contributed by atoms with E-state index in [9.17, 15) is 8.42 Å². The van der Waals surface area contributed by atoms with Gasteiger partial charge in [-0.25, -0.2) is 8.42 Å². The van der Waals surface area contributed by atoms with Gasteiger partial charge in [-0.2, -0.15) is 0 Å². The fourth-order valence-electron chi connectivity index (χ4n) is 1.91. The third-order valence-electron chi connectivity index (χ3n) is 3.10. The molecule has 1 aromatic carbocycles. The highest BCUT2D eigenvalue weighted by Gasteiger charge is 2.11. The van der Waals surface area contributed by atoms with Crippen molar-refractivity contribution >= 4 is 15.7 Å². The first-order valence-electron chi connectivity index (χ1n) is 7.23. The van der Waals surface area contributed by atoms with Crippen molar-refractivity contribution < 1.29 is 8.42 Å². The maximum atomic E-state index is 12.0. The van der Waals surface area contributed by atoms with Gasteiger partial charge in [-0.15, -0.1) is 0 Å². The molecule has 20 heavy (non-hydrogen) atoms. The summed E-state index contributed by atoms with van der Waals surface area (Å²) in [5.74, 6) is 0.175. The molecule has 0 atom stereocenters. The molecule has 0 aliphatic rings. The van der Waals surface area contributed by atoms with Crippen LogP contribution in [-0.4, -0.2) is 27.3 Å². The van der Waals surface area contributed by atoms with Crippen LogP contribution in [0.15, 0.2) is 18.2 Å². The largest absolute Gasteiger partial charge is 0.317 e. The van der Waals surface area contributed by atoms with Crippen LogP contribution in [0.1, 0.15) is 37.3 Å². The summed E-state index contributed by atoms with van der Waals surface area (Å²) in [5.41, 5.74) is 2.69. The third kappa shape index (κ3) is 6.39. The summed E-state index contributed by atoms with van der Waals surface area (Å²) >= 11 is 0. The number of anilines is 1. The van der Waals surface area contributed by atoms with E-state index in [1.165, 1.54) is 0 Å². The zero-order chi connectivity index (χ0) is 15.0. The maximum absolute atomic E-state index is 12.0. The number of aryl methyl sites for hydroxylation is 2.